The highest BCUT2D eigenvalue weighted by Crippen LogP contribution is 2.18. The zero-order valence-electron chi connectivity index (χ0n) is 9.06. The first-order chi connectivity index (χ1) is 7.17. The Morgan fingerprint density at radius 3 is 3.00 bits per heavy atom. The molecule has 0 atom stereocenters. The molecule has 1 aliphatic heterocycles. The maximum absolute atomic E-state index is 11.1. The summed E-state index contributed by atoms with van der Waals surface area (Å²) in [6.45, 7) is 4.14. The first-order valence-corrected chi connectivity index (χ1v) is 6.27. The Labute approximate surface area is 99.9 Å². The number of carbonyl (C=O) groups excluding carboxylic acids is 1. The average Bonchev–Trinajstić information content (AvgIpc) is 2.23. The van der Waals surface area contributed by atoms with Gasteiger partial charge in [-0.15, -0.1) is 0 Å². The molecule has 0 amide bonds. The van der Waals surface area contributed by atoms with E-state index in [9.17, 15) is 4.79 Å². The molecule has 1 fully saturated rings. The third-order valence-electron chi connectivity index (χ3n) is 2.07. The van der Waals surface area contributed by atoms with Gasteiger partial charge in [0.1, 0.15) is 4.32 Å². The van der Waals surface area contributed by atoms with Gasteiger partial charge < -0.3 is 9.64 Å². The fourth-order valence-corrected chi connectivity index (χ4v) is 2.46. The van der Waals surface area contributed by atoms with Gasteiger partial charge in [0.2, 0.25) is 0 Å². The number of ether oxygens (including phenoxy) is 1. The normalized spacial score (nSPS) is 18.0. The number of hydrogen-bond donors (Lipinski definition) is 0. The van der Waals surface area contributed by atoms with Gasteiger partial charge in [-0.1, -0.05) is 30.9 Å². The number of thiocarbonyl (C=S) groups is 1. The molecule has 15 heavy (non-hydrogen) atoms. The molecule has 0 saturated carbocycles. The molecule has 0 N–H and O–H groups in total. The minimum Gasteiger partial charge on any atom is -0.468 e. The van der Waals surface area contributed by atoms with Crippen LogP contribution in [0.4, 0.5) is 0 Å². The van der Waals surface area contributed by atoms with E-state index in [0.717, 1.165) is 29.8 Å². The van der Waals surface area contributed by atoms with E-state index >= 15 is 0 Å². The Kier molecular flexibility index (Phi) is 5.35. The monoisotopic (exact) mass is 248 g/mol. The van der Waals surface area contributed by atoms with E-state index in [-0.39, 0.29) is 5.97 Å². The van der Waals surface area contributed by atoms with Gasteiger partial charge in [-0.2, -0.15) is 0 Å². The van der Waals surface area contributed by atoms with Gasteiger partial charge in [0, 0.05) is 6.54 Å². The van der Waals surface area contributed by atoms with Crippen LogP contribution in [0.1, 0.15) is 13.3 Å². The molecule has 0 aliphatic carbocycles. The maximum atomic E-state index is 11.1. The summed E-state index contributed by atoms with van der Waals surface area (Å²) in [4.78, 5) is 15.2. The zero-order valence-corrected chi connectivity index (χ0v) is 10.7. The van der Waals surface area contributed by atoms with E-state index < -0.39 is 0 Å². The van der Waals surface area contributed by atoms with Crippen LogP contribution in [0.3, 0.4) is 0 Å². The summed E-state index contributed by atoms with van der Waals surface area (Å²) in [6.07, 6.45) is 1.06. The van der Waals surface area contributed by atoms with Crippen molar-refractivity contribution < 1.29 is 9.53 Å². The van der Waals surface area contributed by atoms with Crippen molar-refractivity contribution in [3.8, 4) is 0 Å². The highest BCUT2D eigenvalue weighted by molar-refractivity contribution is 8.22. The second kappa shape index (κ2) is 6.30. The summed E-state index contributed by atoms with van der Waals surface area (Å²) in [5.41, 5.74) is 0. The number of rotatable bonds is 4. The quantitative estimate of drug-likeness (QED) is 0.548. The predicted octanol–water partition coefficient (Wildman–Crippen LogP) is 1.12. The van der Waals surface area contributed by atoms with E-state index in [2.05, 4.69) is 16.6 Å². The molecule has 0 spiro atoms. The molecule has 0 radical (unpaired) electrons. The highest BCUT2D eigenvalue weighted by Gasteiger charge is 2.22. The van der Waals surface area contributed by atoms with Crippen molar-refractivity contribution in [3.05, 3.63) is 0 Å². The number of nitrogens with zero attached hydrogens (tertiary/aromatic N) is 2. The number of methoxy groups -OCH3 is 1. The molecule has 0 aromatic rings. The van der Waals surface area contributed by atoms with Crippen LogP contribution in [0.25, 0.3) is 0 Å². The SMILES string of the molecule is CCCN1CN(CC(=O)OC)CSC1=S. The fourth-order valence-electron chi connectivity index (χ4n) is 1.35. The van der Waals surface area contributed by atoms with E-state index in [1.807, 2.05) is 4.90 Å². The lowest BCUT2D eigenvalue weighted by Crippen LogP contribution is -2.46. The van der Waals surface area contributed by atoms with Crippen LogP contribution in [-0.2, 0) is 9.53 Å². The maximum Gasteiger partial charge on any atom is 0.319 e. The largest absolute Gasteiger partial charge is 0.468 e. The minimum absolute atomic E-state index is 0.195. The minimum atomic E-state index is -0.195. The van der Waals surface area contributed by atoms with Gasteiger partial charge in [0.25, 0.3) is 0 Å². The zero-order chi connectivity index (χ0) is 11.3. The van der Waals surface area contributed by atoms with E-state index in [1.165, 1.54) is 7.11 Å². The van der Waals surface area contributed by atoms with Crippen LogP contribution in [0.5, 0.6) is 0 Å². The van der Waals surface area contributed by atoms with Gasteiger partial charge >= 0.3 is 5.97 Å². The van der Waals surface area contributed by atoms with E-state index in [0.29, 0.717) is 6.54 Å². The highest BCUT2D eigenvalue weighted by atomic mass is 32.2. The smallest absolute Gasteiger partial charge is 0.319 e. The first-order valence-electron chi connectivity index (χ1n) is 4.88. The van der Waals surface area contributed by atoms with Gasteiger partial charge in [-0.25, -0.2) is 0 Å². The third kappa shape index (κ3) is 3.96. The van der Waals surface area contributed by atoms with Crippen LogP contribution in [0.2, 0.25) is 0 Å². The summed E-state index contributed by atoms with van der Waals surface area (Å²) < 4.78 is 5.56. The summed E-state index contributed by atoms with van der Waals surface area (Å²) in [5, 5.41) is 0. The Bertz CT molecular complexity index is 248. The lowest BCUT2D eigenvalue weighted by Gasteiger charge is -2.35. The topological polar surface area (TPSA) is 32.8 Å². The molecule has 6 heteroatoms. The van der Waals surface area contributed by atoms with Gasteiger partial charge in [0.15, 0.2) is 0 Å². The van der Waals surface area contributed by atoms with Crippen molar-refractivity contribution in [1.29, 1.82) is 0 Å². The Morgan fingerprint density at radius 1 is 1.67 bits per heavy atom. The van der Waals surface area contributed by atoms with E-state index in [1.54, 1.807) is 11.8 Å². The average molecular weight is 248 g/mol. The second-order valence-corrected chi connectivity index (χ2v) is 4.93. The summed E-state index contributed by atoms with van der Waals surface area (Å²) in [6, 6.07) is 0. The molecular formula is C9H16N2O2S2. The lowest BCUT2D eigenvalue weighted by molar-refractivity contribution is -0.142. The van der Waals surface area contributed by atoms with Crippen LogP contribution in [-0.4, -0.2) is 52.8 Å². The number of esters is 1. The van der Waals surface area contributed by atoms with Gasteiger partial charge in [0.05, 0.1) is 26.2 Å². The first kappa shape index (κ1) is 12.7. The fraction of sp³-hybridized carbons (Fsp3) is 0.778. The number of hydrogen-bond acceptors (Lipinski definition) is 5. The second-order valence-electron chi connectivity index (χ2n) is 3.35. The van der Waals surface area contributed by atoms with Crippen LogP contribution in [0, 0.1) is 0 Å². The van der Waals surface area contributed by atoms with Crippen LogP contribution < -0.4 is 0 Å². The van der Waals surface area contributed by atoms with Crippen LogP contribution >= 0.6 is 24.0 Å². The molecule has 0 unspecified atom stereocenters. The molecule has 0 aromatic carbocycles. The van der Waals surface area contributed by atoms with Crippen molar-refractivity contribution in [1.82, 2.24) is 9.80 Å². The molecular weight excluding hydrogens is 232 g/mol. The molecule has 4 nitrogen and oxygen atoms in total. The standard InChI is InChI=1S/C9H16N2O2S2/c1-3-4-11-6-10(5-8(12)13-2)7-15-9(11)14/h3-7H2,1-2H3. The number of carbonyl (C=O) groups is 1. The van der Waals surface area contributed by atoms with Crippen molar-refractivity contribution in [2.75, 3.05) is 32.7 Å². The molecule has 1 rings (SSSR count). The Hall–Kier alpha value is -0.330. The van der Waals surface area contributed by atoms with Crippen molar-refractivity contribution in [2.45, 2.75) is 13.3 Å². The third-order valence-corrected chi connectivity index (χ3v) is 3.68. The molecule has 0 aromatic heterocycles. The molecule has 0 bridgehead atoms. The molecule has 86 valence electrons. The van der Waals surface area contributed by atoms with Crippen molar-refractivity contribution >= 4 is 34.3 Å². The molecule has 1 heterocycles. The molecule has 1 saturated heterocycles. The summed E-state index contributed by atoms with van der Waals surface area (Å²) >= 11 is 6.84. The van der Waals surface area contributed by atoms with Gasteiger partial charge in [-0.05, 0) is 6.42 Å². The Balaban J connectivity index is 2.42. The summed E-state index contributed by atoms with van der Waals surface area (Å²) in [5.74, 6) is 0.577. The predicted molar refractivity (Wildman–Crippen MR) is 65.6 cm³/mol. The lowest BCUT2D eigenvalue weighted by atomic mass is 10.4. The number of thioether (sulfide) groups is 1. The Morgan fingerprint density at radius 2 is 2.40 bits per heavy atom. The van der Waals surface area contributed by atoms with Crippen LogP contribution in [0.15, 0.2) is 0 Å². The van der Waals surface area contributed by atoms with Crippen molar-refractivity contribution in [3.63, 3.8) is 0 Å². The van der Waals surface area contributed by atoms with Gasteiger partial charge in [-0.3, -0.25) is 9.69 Å². The van der Waals surface area contributed by atoms with Crippen molar-refractivity contribution in [2.24, 2.45) is 0 Å². The van der Waals surface area contributed by atoms with E-state index in [4.69, 9.17) is 12.2 Å². The summed E-state index contributed by atoms with van der Waals surface area (Å²) in [7, 11) is 1.41. The molecule has 1 aliphatic rings.